The summed E-state index contributed by atoms with van der Waals surface area (Å²) in [5.74, 6) is 0.884. The number of rotatable bonds is 4. The molecule has 1 aliphatic rings. The minimum atomic E-state index is -0.282. The summed E-state index contributed by atoms with van der Waals surface area (Å²) in [6, 6.07) is 0.101. The summed E-state index contributed by atoms with van der Waals surface area (Å²) in [7, 11) is 0. The quantitative estimate of drug-likeness (QED) is 0.790. The Morgan fingerprint density at radius 1 is 1.53 bits per heavy atom. The van der Waals surface area contributed by atoms with Crippen molar-refractivity contribution < 1.29 is 9.53 Å². The number of hydrogen-bond donors (Lipinski definition) is 1. The van der Waals surface area contributed by atoms with E-state index in [2.05, 4.69) is 33.0 Å². The Hall–Kier alpha value is -0.280. The van der Waals surface area contributed by atoms with Gasteiger partial charge in [0.05, 0.1) is 0 Å². The van der Waals surface area contributed by atoms with Crippen LogP contribution in [0.15, 0.2) is 0 Å². The third-order valence-corrected chi connectivity index (χ3v) is 3.62. The van der Waals surface area contributed by atoms with Gasteiger partial charge in [0.15, 0.2) is 0 Å². The van der Waals surface area contributed by atoms with Crippen LogP contribution in [-0.2, 0) is 9.53 Å². The molecule has 3 nitrogen and oxygen atoms in total. The molecule has 0 saturated carbocycles. The van der Waals surface area contributed by atoms with E-state index in [4.69, 9.17) is 16.3 Å². The number of amides is 1. The minimum absolute atomic E-state index is 0.0139. The lowest BCUT2D eigenvalue weighted by Gasteiger charge is -2.32. The Bertz CT molecular complexity index is 263. The summed E-state index contributed by atoms with van der Waals surface area (Å²) in [5.41, 5.74) is 0.0202. The molecule has 100 valence electrons. The van der Waals surface area contributed by atoms with Crippen molar-refractivity contribution in [3.8, 4) is 0 Å². The average Bonchev–Trinajstić information content (AvgIpc) is 2.62. The molecule has 0 aromatic heterocycles. The van der Waals surface area contributed by atoms with Gasteiger partial charge >= 0.3 is 0 Å². The van der Waals surface area contributed by atoms with Crippen molar-refractivity contribution in [1.29, 1.82) is 0 Å². The van der Waals surface area contributed by atoms with E-state index in [1.807, 2.05) is 0 Å². The summed E-state index contributed by atoms with van der Waals surface area (Å²) in [5, 5.41) is 3.08. The zero-order valence-corrected chi connectivity index (χ0v) is 12.0. The molecule has 0 aromatic rings. The van der Waals surface area contributed by atoms with E-state index in [0.717, 1.165) is 12.8 Å². The first kappa shape index (κ1) is 14.8. The number of carbonyl (C=O) groups excluding carboxylic acids is 1. The standard InChI is InChI=1S/C13H24ClNO2/c1-9-6-8-17-11(9)12(16)15-10(5-7-14)13(2,3)4/h9-11H,5-8H2,1-4H3,(H,15,16). The highest BCUT2D eigenvalue weighted by molar-refractivity contribution is 6.17. The Kier molecular flexibility index (Phi) is 5.26. The van der Waals surface area contributed by atoms with E-state index < -0.39 is 0 Å². The van der Waals surface area contributed by atoms with E-state index in [9.17, 15) is 4.79 Å². The molecule has 4 heteroatoms. The van der Waals surface area contributed by atoms with E-state index >= 15 is 0 Å². The predicted molar refractivity (Wildman–Crippen MR) is 70.2 cm³/mol. The molecule has 1 amide bonds. The van der Waals surface area contributed by atoms with Crippen LogP contribution >= 0.6 is 11.6 Å². The predicted octanol–water partition coefficient (Wildman–Crippen LogP) is 2.57. The summed E-state index contributed by atoms with van der Waals surface area (Å²) >= 11 is 5.79. The Labute approximate surface area is 109 Å². The Balaban J connectivity index is 2.57. The molecule has 0 bridgehead atoms. The monoisotopic (exact) mass is 261 g/mol. The van der Waals surface area contributed by atoms with Crippen LogP contribution in [0.25, 0.3) is 0 Å². The molecule has 1 N–H and O–H groups in total. The first-order valence-electron chi connectivity index (χ1n) is 6.34. The number of ether oxygens (including phenoxy) is 1. The first-order valence-corrected chi connectivity index (χ1v) is 6.87. The molecule has 1 heterocycles. The highest BCUT2D eigenvalue weighted by atomic mass is 35.5. The third kappa shape index (κ3) is 4.14. The van der Waals surface area contributed by atoms with Crippen LogP contribution in [0.3, 0.4) is 0 Å². The van der Waals surface area contributed by atoms with Gasteiger partial charge in [-0.25, -0.2) is 0 Å². The van der Waals surface area contributed by atoms with Gasteiger partial charge < -0.3 is 10.1 Å². The summed E-state index contributed by atoms with van der Waals surface area (Å²) < 4.78 is 5.47. The highest BCUT2D eigenvalue weighted by Crippen LogP contribution is 2.24. The molecule has 3 unspecified atom stereocenters. The normalized spacial score (nSPS) is 26.9. The van der Waals surface area contributed by atoms with Gasteiger partial charge in [-0.3, -0.25) is 4.79 Å². The number of carbonyl (C=O) groups is 1. The molecular weight excluding hydrogens is 238 g/mol. The van der Waals surface area contributed by atoms with Crippen LogP contribution < -0.4 is 5.32 Å². The fraction of sp³-hybridized carbons (Fsp3) is 0.923. The summed E-state index contributed by atoms with van der Waals surface area (Å²) in [6.45, 7) is 9.09. The molecule has 0 spiro atoms. The molecule has 17 heavy (non-hydrogen) atoms. The van der Waals surface area contributed by atoms with Gasteiger partial charge in [0.25, 0.3) is 0 Å². The zero-order chi connectivity index (χ0) is 13.1. The van der Waals surface area contributed by atoms with Crippen LogP contribution in [0, 0.1) is 11.3 Å². The lowest BCUT2D eigenvalue weighted by atomic mass is 9.85. The highest BCUT2D eigenvalue weighted by Gasteiger charge is 2.34. The third-order valence-electron chi connectivity index (χ3n) is 3.41. The molecule has 1 fully saturated rings. The van der Waals surface area contributed by atoms with Gasteiger partial charge in [0.2, 0.25) is 5.91 Å². The number of nitrogens with one attached hydrogen (secondary N) is 1. The van der Waals surface area contributed by atoms with Crippen LogP contribution in [-0.4, -0.2) is 30.5 Å². The Morgan fingerprint density at radius 2 is 2.18 bits per heavy atom. The summed E-state index contributed by atoms with van der Waals surface area (Å²) in [4.78, 5) is 12.1. The maximum atomic E-state index is 12.1. The molecule has 0 aromatic carbocycles. The molecule has 0 radical (unpaired) electrons. The lowest BCUT2D eigenvalue weighted by Crippen LogP contribution is -2.48. The summed E-state index contributed by atoms with van der Waals surface area (Å²) in [6.07, 6.45) is 1.47. The van der Waals surface area contributed by atoms with Gasteiger partial charge in [0.1, 0.15) is 6.10 Å². The van der Waals surface area contributed by atoms with Crippen LogP contribution in [0.5, 0.6) is 0 Å². The van der Waals surface area contributed by atoms with Crippen molar-refractivity contribution in [2.24, 2.45) is 11.3 Å². The number of halogens is 1. The molecular formula is C13H24ClNO2. The maximum absolute atomic E-state index is 12.1. The first-order chi connectivity index (χ1) is 7.86. The van der Waals surface area contributed by atoms with Crippen molar-refractivity contribution in [2.45, 2.75) is 52.7 Å². The molecule has 1 aliphatic heterocycles. The number of alkyl halides is 1. The van der Waals surface area contributed by atoms with Gasteiger partial charge in [-0.05, 0) is 24.2 Å². The largest absolute Gasteiger partial charge is 0.368 e. The fourth-order valence-electron chi connectivity index (χ4n) is 2.12. The van der Waals surface area contributed by atoms with Crippen molar-refractivity contribution >= 4 is 17.5 Å². The minimum Gasteiger partial charge on any atom is -0.368 e. The topological polar surface area (TPSA) is 38.3 Å². The second kappa shape index (κ2) is 6.05. The molecule has 3 atom stereocenters. The van der Waals surface area contributed by atoms with Crippen LogP contribution in [0.1, 0.15) is 40.5 Å². The van der Waals surface area contributed by atoms with E-state index in [1.165, 1.54) is 0 Å². The zero-order valence-electron chi connectivity index (χ0n) is 11.3. The van der Waals surface area contributed by atoms with Crippen LogP contribution in [0.4, 0.5) is 0 Å². The molecule has 1 rings (SSSR count). The van der Waals surface area contributed by atoms with Gasteiger partial charge in [-0.2, -0.15) is 0 Å². The van der Waals surface area contributed by atoms with Crippen molar-refractivity contribution in [3.05, 3.63) is 0 Å². The van der Waals surface area contributed by atoms with Crippen molar-refractivity contribution in [1.82, 2.24) is 5.32 Å². The smallest absolute Gasteiger partial charge is 0.249 e. The average molecular weight is 262 g/mol. The maximum Gasteiger partial charge on any atom is 0.249 e. The fourth-order valence-corrected chi connectivity index (χ4v) is 2.33. The molecule has 0 aliphatic carbocycles. The SMILES string of the molecule is CC1CCOC1C(=O)NC(CCCl)C(C)(C)C. The van der Waals surface area contributed by atoms with E-state index in [-0.39, 0.29) is 23.5 Å². The van der Waals surface area contributed by atoms with E-state index in [0.29, 0.717) is 18.4 Å². The van der Waals surface area contributed by atoms with Gasteiger partial charge in [0, 0.05) is 18.5 Å². The van der Waals surface area contributed by atoms with Crippen molar-refractivity contribution in [2.75, 3.05) is 12.5 Å². The molecule has 1 saturated heterocycles. The van der Waals surface area contributed by atoms with Crippen molar-refractivity contribution in [3.63, 3.8) is 0 Å². The van der Waals surface area contributed by atoms with Gasteiger partial charge in [-0.1, -0.05) is 27.7 Å². The second-order valence-corrected chi connectivity index (χ2v) is 6.34. The van der Waals surface area contributed by atoms with Gasteiger partial charge in [-0.15, -0.1) is 11.6 Å². The van der Waals surface area contributed by atoms with Crippen LogP contribution in [0.2, 0.25) is 0 Å². The van der Waals surface area contributed by atoms with E-state index in [1.54, 1.807) is 0 Å². The second-order valence-electron chi connectivity index (χ2n) is 5.96. The lowest BCUT2D eigenvalue weighted by molar-refractivity contribution is -0.133. The number of hydrogen-bond acceptors (Lipinski definition) is 2. The Morgan fingerprint density at radius 3 is 2.59 bits per heavy atom.